The summed E-state index contributed by atoms with van der Waals surface area (Å²) in [5, 5.41) is 8.48. The lowest BCUT2D eigenvalue weighted by Crippen LogP contribution is -2.21. The molecule has 2 heteroatoms. The second-order valence-electron chi connectivity index (χ2n) is 3.60. The van der Waals surface area contributed by atoms with Gasteiger partial charge in [-0.3, -0.25) is 0 Å². The summed E-state index contributed by atoms with van der Waals surface area (Å²) in [7, 11) is 0. The van der Waals surface area contributed by atoms with Gasteiger partial charge in [0.25, 0.3) is 0 Å². The molecule has 0 N–H and O–H groups in total. The topological polar surface area (TPSA) is 40.9 Å². The minimum absolute atomic E-state index is 0.217. The number of rotatable bonds is 7. The van der Waals surface area contributed by atoms with Crippen LogP contribution in [0.25, 0.3) is 0 Å². The summed E-state index contributed by atoms with van der Waals surface area (Å²) in [4.78, 5) is 11.0. The number of carbonyl (C=O) groups excluding carboxylic acids is 1. The molecule has 0 heterocycles. The van der Waals surface area contributed by atoms with Crippen LogP contribution in [-0.4, -0.2) is 6.29 Å². The van der Waals surface area contributed by atoms with Crippen molar-refractivity contribution in [2.75, 3.05) is 0 Å². The van der Waals surface area contributed by atoms with E-state index < -0.39 is 0 Å². The number of nitriles is 1. The van der Waals surface area contributed by atoms with Crippen molar-refractivity contribution in [2.24, 2.45) is 5.41 Å². The smallest absolute Gasteiger partial charge is 0.126 e. The molecule has 0 aliphatic heterocycles. The molecular formula is C11H19NO. The second kappa shape index (κ2) is 6.65. The van der Waals surface area contributed by atoms with Gasteiger partial charge in [-0.15, -0.1) is 0 Å². The number of aldehydes is 1. The maximum atomic E-state index is 11.0. The van der Waals surface area contributed by atoms with Crippen LogP contribution in [0.15, 0.2) is 0 Å². The van der Waals surface area contributed by atoms with Crippen molar-refractivity contribution in [1.29, 1.82) is 5.26 Å². The molecule has 0 unspecified atom stereocenters. The molecule has 0 saturated heterocycles. The van der Waals surface area contributed by atoms with E-state index in [0.29, 0.717) is 6.42 Å². The maximum absolute atomic E-state index is 11.0. The van der Waals surface area contributed by atoms with E-state index in [4.69, 9.17) is 5.26 Å². The van der Waals surface area contributed by atoms with Gasteiger partial charge in [0.2, 0.25) is 0 Å². The fraction of sp³-hybridized carbons (Fsp3) is 0.818. The second-order valence-corrected chi connectivity index (χ2v) is 3.60. The monoisotopic (exact) mass is 181 g/mol. The lowest BCUT2D eigenvalue weighted by molar-refractivity contribution is -0.117. The van der Waals surface area contributed by atoms with Gasteiger partial charge in [0.15, 0.2) is 0 Å². The van der Waals surface area contributed by atoms with Crippen molar-refractivity contribution in [1.82, 2.24) is 0 Å². The van der Waals surface area contributed by atoms with E-state index in [0.717, 1.165) is 38.4 Å². The molecule has 0 saturated carbocycles. The fourth-order valence-corrected chi connectivity index (χ4v) is 1.51. The van der Waals surface area contributed by atoms with E-state index in [1.165, 1.54) is 0 Å². The van der Waals surface area contributed by atoms with Crippen LogP contribution >= 0.6 is 0 Å². The Bertz CT molecular complexity index is 183. The van der Waals surface area contributed by atoms with Crippen LogP contribution in [0.1, 0.15) is 52.4 Å². The zero-order chi connectivity index (χ0) is 10.2. The Labute approximate surface area is 80.9 Å². The van der Waals surface area contributed by atoms with Gasteiger partial charge >= 0.3 is 0 Å². The van der Waals surface area contributed by atoms with Crippen LogP contribution in [0.2, 0.25) is 0 Å². The molecule has 0 amide bonds. The largest absolute Gasteiger partial charge is 0.303 e. The van der Waals surface area contributed by atoms with Crippen molar-refractivity contribution in [3.63, 3.8) is 0 Å². The maximum Gasteiger partial charge on any atom is 0.126 e. The Morgan fingerprint density at radius 2 is 2.08 bits per heavy atom. The quantitative estimate of drug-likeness (QED) is 0.566. The molecule has 0 fully saturated rings. The first-order valence-electron chi connectivity index (χ1n) is 5.08. The fourth-order valence-electron chi connectivity index (χ4n) is 1.51. The van der Waals surface area contributed by atoms with Crippen molar-refractivity contribution in [2.45, 2.75) is 52.4 Å². The van der Waals surface area contributed by atoms with Gasteiger partial charge in [-0.25, -0.2) is 0 Å². The van der Waals surface area contributed by atoms with Gasteiger partial charge < -0.3 is 4.79 Å². The highest BCUT2D eigenvalue weighted by Crippen LogP contribution is 2.31. The van der Waals surface area contributed by atoms with Crippen LogP contribution < -0.4 is 0 Å². The summed E-state index contributed by atoms with van der Waals surface area (Å²) >= 11 is 0. The summed E-state index contributed by atoms with van der Waals surface area (Å²) in [5.74, 6) is 0. The number of nitrogens with zero attached hydrogens (tertiary/aromatic N) is 1. The summed E-state index contributed by atoms with van der Waals surface area (Å²) in [6.07, 6.45) is 6.27. The molecule has 13 heavy (non-hydrogen) atoms. The summed E-state index contributed by atoms with van der Waals surface area (Å²) in [6.45, 7) is 4.15. The standard InChI is InChI=1S/C11H19NO/c1-3-5-7-11(4-2,10-13)8-6-9-12/h10H,3-8H2,1-2H3/t11-/m1/s1. The summed E-state index contributed by atoms with van der Waals surface area (Å²) in [5.41, 5.74) is -0.217. The van der Waals surface area contributed by atoms with Gasteiger partial charge in [-0.05, 0) is 19.3 Å². The van der Waals surface area contributed by atoms with Crippen LogP contribution in [0, 0.1) is 16.7 Å². The number of hydrogen-bond donors (Lipinski definition) is 0. The zero-order valence-corrected chi connectivity index (χ0v) is 8.68. The SMILES string of the molecule is CCCC[C@](C=O)(CC)CCC#N. The first-order chi connectivity index (χ1) is 6.24. The van der Waals surface area contributed by atoms with E-state index >= 15 is 0 Å². The predicted molar refractivity (Wildman–Crippen MR) is 53.2 cm³/mol. The molecule has 0 aliphatic rings. The summed E-state index contributed by atoms with van der Waals surface area (Å²) < 4.78 is 0. The molecule has 74 valence electrons. The summed E-state index contributed by atoms with van der Waals surface area (Å²) in [6, 6.07) is 2.11. The van der Waals surface area contributed by atoms with Crippen molar-refractivity contribution >= 4 is 6.29 Å². The van der Waals surface area contributed by atoms with E-state index in [-0.39, 0.29) is 5.41 Å². The molecule has 0 aromatic heterocycles. The van der Waals surface area contributed by atoms with E-state index in [9.17, 15) is 4.79 Å². The molecule has 0 aromatic carbocycles. The van der Waals surface area contributed by atoms with Crippen molar-refractivity contribution in [3.8, 4) is 6.07 Å². The Kier molecular flexibility index (Phi) is 6.22. The molecule has 0 spiro atoms. The predicted octanol–water partition coefficient (Wildman–Crippen LogP) is 3.08. The molecule has 0 radical (unpaired) electrons. The minimum atomic E-state index is -0.217. The molecular weight excluding hydrogens is 162 g/mol. The first kappa shape index (κ1) is 12.2. The lowest BCUT2D eigenvalue weighted by Gasteiger charge is -2.25. The van der Waals surface area contributed by atoms with Gasteiger partial charge in [0.1, 0.15) is 6.29 Å². The van der Waals surface area contributed by atoms with Crippen molar-refractivity contribution < 1.29 is 4.79 Å². The van der Waals surface area contributed by atoms with Crippen LogP contribution in [0.4, 0.5) is 0 Å². The molecule has 1 atom stereocenters. The van der Waals surface area contributed by atoms with Gasteiger partial charge in [0, 0.05) is 11.8 Å². The van der Waals surface area contributed by atoms with Crippen molar-refractivity contribution in [3.05, 3.63) is 0 Å². The lowest BCUT2D eigenvalue weighted by atomic mass is 9.78. The molecule has 0 bridgehead atoms. The Morgan fingerprint density at radius 1 is 1.38 bits per heavy atom. The number of unbranched alkanes of at least 4 members (excludes halogenated alkanes) is 1. The molecule has 0 aliphatic carbocycles. The minimum Gasteiger partial charge on any atom is -0.303 e. The highest BCUT2D eigenvalue weighted by molar-refractivity contribution is 5.59. The third-order valence-electron chi connectivity index (χ3n) is 2.72. The average Bonchev–Trinajstić information content (AvgIpc) is 2.20. The zero-order valence-electron chi connectivity index (χ0n) is 8.68. The van der Waals surface area contributed by atoms with Crippen LogP contribution in [0.5, 0.6) is 0 Å². The van der Waals surface area contributed by atoms with E-state index in [1.54, 1.807) is 0 Å². The highest BCUT2D eigenvalue weighted by Gasteiger charge is 2.26. The third-order valence-corrected chi connectivity index (χ3v) is 2.72. The molecule has 2 nitrogen and oxygen atoms in total. The number of hydrogen-bond acceptors (Lipinski definition) is 2. The van der Waals surface area contributed by atoms with E-state index in [2.05, 4.69) is 13.0 Å². The van der Waals surface area contributed by atoms with Gasteiger partial charge in [0.05, 0.1) is 6.07 Å². The van der Waals surface area contributed by atoms with Crippen LogP contribution in [-0.2, 0) is 4.79 Å². The third kappa shape index (κ3) is 4.07. The average molecular weight is 181 g/mol. The first-order valence-corrected chi connectivity index (χ1v) is 5.08. The number of carbonyl (C=O) groups is 1. The molecule has 0 rings (SSSR count). The van der Waals surface area contributed by atoms with Crippen LogP contribution in [0.3, 0.4) is 0 Å². The molecule has 0 aromatic rings. The normalized spacial score (nSPS) is 14.5. The van der Waals surface area contributed by atoms with E-state index in [1.807, 2.05) is 6.92 Å². The Balaban J connectivity index is 4.14. The van der Waals surface area contributed by atoms with Gasteiger partial charge in [-0.2, -0.15) is 5.26 Å². The highest BCUT2D eigenvalue weighted by atomic mass is 16.1. The van der Waals surface area contributed by atoms with Gasteiger partial charge in [-0.1, -0.05) is 26.7 Å². The Hall–Kier alpha value is -0.840. The Morgan fingerprint density at radius 3 is 2.46 bits per heavy atom.